The van der Waals surface area contributed by atoms with Crippen molar-refractivity contribution in [2.75, 3.05) is 0 Å². The molecule has 3 rings (SSSR count). The van der Waals surface area contributed by atoms with E-state index < -0.39 is 13.3 Å². The first-order valence-corrected chi connectivity index (χ1v) is 12.0. The zero-order valence-corrected chi connectivity index (χ0v) is 21.0. The summed E-state index contributed by atoms with van der Waals surface area (Å²) in [7, 11) is -2.46. The zero-order valence-electron chi connectivity index (χ0n) is 20.1. The maximum atomic E-state index is 13.7. The van der Waals surface area contributed by atoms with Gasteiger partial charge in [-0.1, -0.05) is 28.8 Å². The molecule has 0 radical (unpaired) electrons. The van der Waals surface area contributed by atoms with E-state index >= 15 is 0 Å². The number of aryl methyl sites for hydroxylation is 4. The lowest BCUT2D eigenvalue weighted by Crippen LogP contribution is -2.18. The van der Waals surface area contributed by atoms with Gasteiger partial charge < -0.3 is 0 Å². The summed E-state index contributed by atoms with van der Waals surface area (Å²) in [5.41, 5.74) is 8.71. The van der Waals surface area contributed by atoms with Crippen molar-refractivity contribution < 1.29 is 14.2 Å². The molecule has 0 saturated heterocycles. The van der Waals surface area contributed by atoms with Gasteiger partial charge in [-0.15, -0.1) is 0 Å². The summed E-state index contributed by atoms with van der Waals surface area (Å²) < 4.78 is 13.6. The number of ketones is 1. The second-order valence-corrected chi connectivity index (χ2v) is 10.2. The third kappa shape index (κ3) is 3.98. The minimum Gasteiger partial charge on any atom is -0.288 e. The molecule has 0 heterocycles. The third-order valence-corrected chi connectivity index (χ3v) is 8.14. The Balaban J connectivity index is 2.15. The van der Waals surface area contributed by atoms with Crippen LogP contribution in [0.15, 0.2) is 36.4 Å². The van der Waals surface area contributed by atoms with Crippen LogP contribution >= 0.6 is 7.80 Å². The Morgan fingerprint density at radius 1 is 0.625 bits per heavy atom. The van der Waals surface area contributed by atoms with Crippen molar-refractivity contribution in [1.82, 2.24) is 0 Å². The Morgan fingerprint density at radius 3 is 1.72 bits per heavy atom. The van der Waals surface area contributed by atoms with Gasteiger partial charge in [0.25, 0.3) is 0 Å². The quantitative estimate of drug-likeness (QED) is 0.325. The molecule has 4 heteroatoms. The summed E-state index contributed by atoms with van der Waals surface area (Å²) in [5.74, 6) is -0.188. The van der Waals surface area contributed by atoms with E-state index in [9.17, 15) is 14.2 Å². The first-order chi connectivity index (χ1) is 15.0. The largest absolute Gasteiger partial charge is 0.459 e. The Kier molecular flexibility index (Phi) is 6.62. The number of hydrogen-bond donors (Lipinski definition) is 0. The number of rotatable bonds is 5. The molecule has 0 aliphatic rings. The Morgan fingerprint density at radius 2 is 1.12 bits per heavy atom. The molecular weight excluding hydrogens is 415 g/mol. The van der Waals surface area contributed by atoms with Crippen molar-refractivity contribution in [2.24, 2.45) is 0 Å². The van der Waals surface area contributed by atoms with E-state index in [-0.39, 0.29) is 5.78 Å². The fraction of sp³-hybridized carbons (Fsp3) is 0.286. The smallest absolute Gasteiger partial charge is 0.288 e. The van der Waals surface area contributed by atoms with Crippen molar-refractivity contribution in [2.45, 2.75) is 55.4 Å². The molecule has 3 nitrogen and oxygen atoms in total. The molecule has 0 spiro atoms. The van der Waals surface area contributed by atoms with Crippen LogP contribution in [0.3, 0.4) is 0 Å². The standard InChI is InChI=1S/C28H30O3P/c1-15-14-18(4)25(22(8)19(15)5)28(30)32(31)24-12-10-9-11-23(24)27(29)26-20(6)16(2)13-17(3)21(26)7/h9-14H,1-8H3/q+1. The molecule has 164 valence electrons. The van der Waals surface area contributed by atoms with Crippen LogP contribution in [-0.4, -0.2) is 11.3 Å². The molecule has 32 heavy (non-hydrogen) atoms. The normalized spacial score (nSPS) is 11.4. The van der Waals surface area contributed by atoms with Crippen LogP contribution in [0.2, 0.25) is 0 Å². The van der Waals surface area contributed by atoms with Crippen LogP contribution in [-0.2, 0) is 4.57 Å². The van der Waals surface area contributed by atoms with Crippen molar-refractivity contribution in [1.29, 1.82) is 0 Å². The van der Waals surface area contributed by atoms with Gasteiger partial charge in [-0.25, -0.2) is 4.79 Å². The molecule has 0 N–H and O–H groups in total. The molecular formula is C28H30O3P+. The average molecular weight is 446 g/mol. The van der Waals surface area contributed by atoms with Crippen LogP contribution in [0.4, 0.5) is 0 Å². The minimum atomic E-state index is -2.46. The van der Waals surface area contributed by atoms with E-state index in [4.69, 9.17) is 0 Å². The van der Waals surface area contributed by atoms with E-state index in [0.29, 0.717) is 22.0 Å². The van der Waals surface area contributed by atoms with Gasteiger partial charge in [0.15, 0.2) is 5.78 Å². The first kappa shape index (κ1) is 23.8. The van der Waals surface area contributed by atoms with E-state index in [1.54, 1.807) is 24.3 Å². The number of hydrogen-bond acceptors (Lipinski definition) is 3. The van der Waals surface area contributed by atoms with Gasteiger partial charge in [-0.3, -0.25) is 4.79 Å². The van der Waals surface area contributed by atoms with Crippen LogP contribution in [0, 0.1) is 55.4 Å². The summed E-state index contributed by atoms with van der Waals surface area (Å²) in [4.78, 5) is 27.1. The molecule has 3 aromatic rings. The molecule has 0 bridgehead atoms. The van der Waals surface area contributed by atoms with Gasteiger partial charge in [0.2, 0.25) is 5.30 Å². The van der Waals surface area contributed by atoms with Crippen molar-refractivity contribution in [3.63, 3.8) is 0 Å². The van der Waals surface area contributed by atoms with Crippen molar-refractivity contribution in [3.05, 3.63) is 97.6 Å². The van der Waals surface area contributed by atoms with Gasteiger partial charge in [0, 0.05) is 5.56 Å². The molecule has 0 saturated carbocycles. The second-order valence-electron chi connectivity index (χ2n) is 8.72. The summed E-state index contributed by atoms with van der Waals surface area (Å²) in [5, 5.41) is 0.299. The molecule has 0 aliphatic heterocycles. The Hall–Kier alpha value is -2.90. The molecule has 0 aliphatic carbocycles. The zero-order chi connectivity index (χ0) is 23.9. The van der Waals surface area contributed by atoms with Gasteiger partial charge in [0.05, 0.1) is 11.1 Å². The van der Waals surface area contributed by atoms with Crippen LogP contribution in [0.5, 0.6) is 0 Å². The van der Waals surface area contributed by atoms with E-state index in [2.05, 4.69) is 6.07 Å². The minimum absolute atomic E-state index is 0.188. The van der Waals surface area contributed by atoms with E-state index in [1.165, 1.54) is 0 Å². The highest BCUT2D eigenvalue weighted by Gasteiger charge is 2.39. The first-order valence-electron chi connectivity index (χ1n) is 10.8. The van der Waals surface area contributed by atoms with E-state index in [0.717, 1.165) is 44.5 Å². The average Bonchev–Trinajstić information content (AvgIpc) is 2.75. The maximum absolute atomic E-state index is 13.7. The molecule has 3 aromatic carbocycles. The fourth-order valence-electron chi connectivity index (χ4n) is 4.36. The van der Waals surface area contributed by atoms with Crippen LogP contribution in [0.1, 0.15) is 70.8 Å². The van der Waals surface area contributed by atoms with Gasteiger partial charge in [-0.2, -0.15) is 0 Å². The highest BCUT2D eigenvalue weighted by atomic mass is 31.1. The molecule has 0 amide bonds. The molecule has 1 atom stereocenters. The maximum Gasteiger partial charge on any atom is 0.459 e. The molecule has 0 aromatic heterocycles. The van der Waals surface area contributed by atoms with Crippen LogP contribution < -0.4 is 5.30 Å². The molecule has 1 unspecified atom stereocenters. The second kappa shape index (κ2) is 8.92. The lowest BCUT2D eigenvalue weighted by molar-refractivity contribution is 0.103. The van der Waals surface area contributed by atoms with Crippen LogP contribution in [0.25, 0.3) is 0 Å². The lowest BCUT2D eigenvalue weighted by atomic mass is 9.89. The fourth-order valence-corrected chi connectivity index (χ4v) is 5.74. The third-order valence-electron chi connectivity index (χ3n) is 6.72. The van der Waals surface area contributed by atoms with Gasteiger partial charge in [-0.05, 0) is 112 Å². The number of carbonyl (C=O) groups excluding carboxylic acids is 2. The topological polar surface area (TPSA) is 51.2 Å². The summed E-state index contributed by atoms with van der Waals surface area (Å²) in [6.45, 7) is 15.6. The lowest BCUT2D eigenvalue weighted by Gasteiger charge is -2.14. The Labute approximate surface area is 191 Å². The summed E-state index contributed by atoms with van der Waals surface area (Å²) in [6, 6.07) is 10.8. The SMILES string of the molecule is Cc1cc(C)c(C(=O)[P+](=O)c2ccccc2C(=O)c2c(C)c(C)cc(C)c2C)c(C)c1C. The predicted molar refractivity (Wildman–Crippen MR) is 132 cm³/mol. The number of benzene rings is 3. The van der Waals surface area contributed by atoms with Gasteiger partial charge >= 0.3 is 13.3 Å². The van der Waals surface area contributed by atoms with Crippen molar-refractivity contribution in [3.8, 4) is 0 Å². The van der Waals surface area contributed by atoms with Gasteiger partial charge in [0.1, 0.15) is 0 Å². The summed E-state index contributed by atoms with van der Waals surface area (Å²) >= 11 is 0. The van der Waals surface area contributed by atoms with E-state index in [1.807, 2.05) is 61.5 Å². The predicted octanol–water partition coefficient (Wildman–Crippen LogP) is 6.68. The summed E-state index contributed by atoms with van der Waals surface area (Å²) in [6.07, 6.45) is 0. The molecule has 0 fully saturated rings. The number of carbonyl (C=O) groups is 2. The highest BCUT2D eigenvalue weighted by Crippen LogP contribution is 2.34. The van der Waals surface area contributed by atoms with Crippen molar-refractivity contribution >= 4 is 24.4 Å². The Bertz CT molecular complexity index is 1270. The monoisotopic (exact) mass is 445 g/mol. The highest BCUT2D eigenvalue weighted by molar-refractivity contribution is 7.71.